The fourth-order valence-corrected chi connectivity index (χ4v) is 1.37. The van der Waals surface area contributed by atoms with Gasteiger partial charge in [-0.15, -0.1) is 0 Å². The molecule has 0 spiro atoms. The third-order valence-corrected chi connectivity index (χ3v) is 2.10. The number of rotatable bonds is 3. The van der Waals surface area contributed by atoms with Crippen LogP contribution in [0.2, 0.25) is 0 Å². The highest BCUT2D eigenvalue weighted by Gasteiger charge is 2.17. The second kappa shape index (κ2) is 3.91. The van der Waals surface area contributed by atoms with Crippen LogP contribution in [-0.2, 0) is 0 Å². The number of nitrogens with one attached hydrogen (secondary N) is 1. The van der Waals surface area contributed by atoms with Crippen molar-refractivity contribution in [3.05, 3.63) is 34.4 Å². The van der Waals surface area contributed by atoms with E-state index in [0.29, 0.717) is 0 Å². The van der Waals surface area contributed by atoms with Crippen LogP contribution in [0.5, 0.6) is 0 Å². The van der Waals surface area contributed by atoms with Crippen LogP contribution in [0.3, 0.4) is 0 Å². The summed E-state index contributed by atoms with van der Waals surface area (Å²) in [6, 6.07) is 2.61. The minimum atomic E-state index is -1.23. The average Bonchev–Trinajstić information content (AvgIpc) is 2.15. The standard InChI is InChI=1S/C10H9NO4/c1-5-7(9(12)13)3-2-6(4-11)8(5)10(14)15/h2-4,11H,1H3,(H,12,13)(H,14,15). The first-order chi connectivity index (χ1) is 6.99. The molecule has 0 aromatic heterocycles. The Bertz CT molecular complexity index is 451. The van der Waals surface area contributed by atoms with Crippen molar-refractivity contribution >= 4 is 18.2 Å². The monoisotopic (exact) mass is 207 g/mol. The summed E-state index contributed by atoms with van der Waals surface area (Å²) in [6.45, 7) is 1.42. The van der Waals surface area contributed by atoms with E-state index in [9.17, 15) is 9.59 Å². The molecule has 0 heterocycles. The van der Waals surface area contributed by atoms with E-state index >= 15 is 0 Å². The topological polar surface area (TPSA) is 98.5 Å². The Balaban J connectivity index is 3.56. The molecule has 1 aromatic carbocycles. The van der Waals surface area contributed by atoms with Gasteiger partial charge in [0, 0.05) is 11.8 Å². The van der Waals surface area contributed by atoms with Gasteiger partial charge in [0.25, 0.3) is 0 Å². The number of aromatic carboxylic acids is 2. The molecule has 0 unspecified atom stereocenters. The number of hydrogen-bond acceptors (Lipinski definition) is 3. The highest BCUT2D eigenvalue weighted by molar-refractivity contribution is 6.02. The fraction of sp³-hybridized carbons (Fsp3) is 0.100. The minimum Gasteiger partial charge on any atom is -0.478 e. The summed E-state index contributed by atoms with van der Waals surface area (Å²) in [7, 11) is 0. The van der Waals surface area contributed by atoms with Crippen molar-refractivity contribution < 1.29 is 19.8 Å². The molecule has 0 fully saturated rings. The van der Waals surface area contributed by atoms with E-state index in [2.05, 4.69) is 0 Å². The molecular formula is C10H9NO4. The number of carboxylic acid groups (broad SMARTS) is 2. The van der Waals surface area contributed by atoms with Gasteiger partial charge < -0.3 is 15.6 Å². The Morgan fingerprint density at radius 3 is 2.27 bits per heavy atom. The lowest BCUT2D eigenvalue weighted by molar-refractivity contribution is 0.0695. The summed E-state index contributed by atoms with van der Waals surface area (Å²) >= 11 is 0. The first-order valence-electron chi connectivity index (χ1n) is 4.09. The molecular weight excluding hydrogens is 198 g/mol. The normalized spacial score (nSPS) is 9.67. The Hall–Kier alpha value is -2.17. The van der Waals surface area contributed by atoms with Gasteiger partial charge in [0.05, 0.1) is 11.1 Å². The van der Waals surface area contributed by atoms with E-state index in [0.717, 1.165) is 6.21 Å². The molecule has 15 heavy (non-hydrogen) atoms. The Morgan fingerprint density at radius 1 is 1.27 bits per heavy atom. The van der Waals surface area contributed by atoms with Gasteiger partial charge in [0.1, 0.15) is 0 Å². The summed E-state index contributed by atoms with van der Waals surface area (Å²) in [4.78, 5) is 21.6. The Kier molecular flexibility index (Phi) is 2.85. The summed E-state index contributed by atoms with van der Waals surface area (Å²) in [6.07, 6.45) is 0.891. The van der Waals surface area contributed by atoms with Crippen molar-refractivity contribution in [3.63, 3.8) is 0 Å². The molecule has 0 aliphatic rings. The minimum absolute atomic E-state index is 0.0574. The van der Waals surface area contributed by atoms with Crippen LogP contribution in [0.25, 0.3) is 0 Å². The number of carbonyl (C=O) groups is 2. The number of hydrogen-bond donors (Lipinski definition) is 3. The quantitative estimate of drug-likeness (QED) is 0.652. The van der Waals surface area contributed by atoms with Gasteiger partial charge in [-0.25, -0.2) is 9.59 Å². The largest absolute Gasteiger partial charge is 0.478 e. The van der Waals surface area contributed by atoms with Crippen LogP contribution in [0.15, 0.2) is 12.1 Å². The van der Waals surface area contributed by atoms with Crippen LogP contribution >= 0.6 is 0 Å². The van der Waals surface area contributed by atoms with Gasteiger partial charge in [0.2, 0.25) is 0 Å². The summed E-state index contributed by atoms with van der Waals surface area (Å²) in [5.41, 5.74) is 0.170. The molecule has 5 heteroatoms. The van der Waals surface area contributed by atoms with E-state index in [-0.39, 0.29) is 22.3 Å². The predicted molar refractivity (Wildman–Crippen MR) is 53.0 cm³/mol. The van der Waals surface area contributed by atoms with Gasteiger partial charge >= 0.3 is 11.9 Å². The number of benzene rings is 1. The molecule has 0 aliphatic heterocycles. The molecule has 78 valence electrons. The van der Waals surface area contributed by atoms with Gasteiger partial charge in [0.15, 0.2) is 0 Å². The Morgan fingerprint density at radius 2 is 1.87 bits per heavy atom. The summed E-state index contributed by atoms with van der Waals surface area (Å²) in [5.74, 6) is -2.40. The zero-order chi connectivity index (χ0) is 11.6. The van der Waals surface area contributed by atoms with Crippen LogP contribution in [0, 0.1) is 12.3 Å². The maximum absolute atomic E-state index is 10.9. The first-order valence-corrected chi connectivity index (χ1v) is 4.09. The lowest BCUT2D eigenvalue weighted by atomic mass is 9.97. The molecule has 5 nitrogen and oxygen atoms in total. The molecule has 0 saturated carbocycles. The van der Waals surface area contributed by atoms with Crippen molar-refractivity contribution in [2.24, 2.45) is 0 Å². The zero-order valence-electron chi connectivity index (χ0n) is 7.94. The second-order valence-corrected chi connectivity index (χ2v) is 2.96. The molecule has 0 radical (unpaired) electrons. The predicted octanol–water partition coefficient (Wildman–Crippen LogP) is 1.39. The smallest absolute Gasteiger partial charge is 0.336 e. The maximum atomic E-state index is 10.9. The third kappa shape index (κ3) is 1.85. The average molecular weight is 207 g/mol. The van der Waals surface area contributed by atoms with Crippen molar-refractivity contribution in [2.45, 2.75) is 6.92 Å². The van der Waals surface area contributed by atoms with Crippen molar-refractivity contribution in [1.82, 2.24) is 0 Å². The molecule has 0 amide bonds. The van der Waals surface area contributed by atoms with E-state index < -0.39 is 11.9 Å². The summed E-state index contributed by atoms with van der Waals surface area (Å²) < 4.78 is 0. The summed E-state index contributed by atoms with van der Waals surface area (Å²) in [5, 5.41) is 24.7. The molecule has 1 aromatic rings. The van der Waals surface area contributed by atoms with E-state index in [1.54, 1.807) is 0 Å². The lowest BCUT2D eigenvalue weighted by Gasteiger charge is -2.07. The molecule has 3 N–H and O–H groups in total. The molecule has 0 atom stereocenters. The van der Waals surface area contributed by atoms with Gasteiger partial charge in [-0.3, -0.25) is 0 Å². The zero-order valence-corrected chi connectivity index (χ0v) is 7.94. The lowest BCUT2D eigenvalue weighted by Crippen LogP contribution is -2.10. The number of carboxylic acids is 2. The van der Waals surface area contributed by atoms with Crippen LogP contribution < -0.4 is 0 Å². The third-order valence-electron chi connectivity index (χ3n) is 2.10. The maximum Gasteiger partial charge on any atom is 0.336 e. The Labute approximate surface area is 85.5 Å². The van der Waals surface area contributed by atoms with Gasteiger partial charge in [-0.1, -0.05) is 6.07 Å². The molecule has 0 aliphatic carbocycles. The highest BCUT2D eigenvalue weighted by atomic mass is 16.4. The van der Waals surface area contributed by atoms with Gasteiger partial charge in [-0.05, 0) is 18.6 Å². The SMILES string of the molecule is Cc1c(C(=O)O)ccc(C=N)c1C(=O)O. The van der Waals surface area contributed by atoms with Gasteiger partial charge in [-0.2, -0.15) is 0 Å². The van der Waals surface area contributed by atoms with Crippen LogP contribution in [-0.4, -0.2) is 28.4 Å². The van der Waals surface area contributed by atoms with Crippen molar-refractivity contribution in [3.8, 4) is 0 Å². The first kappa shape index (κ1) is 10.9. The fourth-order valence-electron chi connectivity index (χ4n) is 1.37. The van der Waals surface area contributed by atoms with Crippen LogP contribution in [0.4, 0.5) is 0 Å². The second-order valence-electron chi connectivity index (χ2n) is 2.96. The van der Waals surface area contributed by atoms with Crippen LogP contribution in [0.1, 0.15) is 31.8 Å². The van der Waals surface area contributed by atoms with E-state index in [4.69, 9.17) is 15.6 Å². The van der Waals surface area contributed by atoms with E-state index in [1.807, 2.05) is 0 Å². The highest BCUT2D eigenvalue weighted by Crippen LogP contribution is 2.17. The van der Waals surface area contributed by atoms with Crippen molar-refractivity contribution in [1.29, 1.82) is 5.41 Å². The molecule has 0 bridgehead atoms. The van der Waals surface area contributed by atoms with E-state index in [1.165, 1.54) is 19.1 Å². The molecule has 0 saturated heterocycles. The molecule has 1 rings (SSSR count). The van der Waals surface area contributed by atoms with Crippen molar-refractivity contribution in [2.75, 3.05) is 0 Å².